The maximum atomic E-state index is 3.80. The van der Waals surface area contributed by atoms with Gasteiger partial charge in [0.1, 0.15) is 0 Å². The average molecular weight is 279 g/mol. The van der Waals surface area contributed by atoms with Gasteiger partial charge in [-0.1, -0.05) is 49.7 Å². The number of fused-ring (bicyclic) bond motifs is 2. The summed E-state index contributed by atoms with van der Waals surface area (Å²) in [7, 11) is 0. The van der Waals surface area contributed by atoms with Gasteiger partial charge in [0.15, 0.2) is 0 Å². The van der Waals surface area contributed by atoms with E-state index in [1.165, 1.54) is 41.2 Å². The van der Waals surface area contributed by atoms with Crippen molar-refractivity contribution in [2.75, 3.05) is 6.54 Å². The Balaban J connectivity index is 1.78. The van der Waals surface area contributed by atoms with Gasteiger partial charge in [0.25, 0.3) is 0 Å². The molecule has 3 atom stereocenters. The van der Waals surface area contributed by atoms with Crippen LogP contribution < -0.4 is 5.32 Å². The van der Waals surface area contributed by atoms with E-state index >= 15 is 0 Å². The molecule has 0 radical (unpaired) electrons. The lowest BCUT2D eigenvalue weighted by molar-refractivity contribution is 0.428. The topological polar surface area (TPSA) is 12.0 Å². The zero-order chi connectivity index (χ0) is 14.4. The highest BCUT2D eigenvalue weighted by Crippen LogP contribution is 2.62. The van der Waals surface area contributed by atoms with Crippen LogP contribution in [0.1, 0.15) is 43.4 Å². The van der Waals surface area contributed by atoms with Crippen molar-refractivity contribution < 1.29 is 0 Å². The number of aryl methyl sites for hydroxylation is 1. The first kappa shape index (κ1) is 13.3. The molecule has 21 heavy (non-hydrogen) atoms. The van der Waals surface area contributed by atoms with Crippen LogP contribution in [0.3, 0.4) is 0 Å². The third-order valence-corrected chi connectivity index (χ3v) is 5.79. The van der Waals surface area contributed by atoms with Crippen LogP contribution in [0.2, 0.25) is 0 Å². The third kappa shape index (κ3) is 2.10. The van der Waals surface area contributed by atoms with Crippen molar-refractivity contribution in [3.8, 4) is 0 Å². The fraction of sp³-hybridized carbons (Fsp3) is 0.500. The number of rotatable bonds is 4. The van der Waals surface area contributed by atoms with Crippen molar-refractivity contribution in [3.05, 3.63) is 47.5 Å². The summed E-state index contributed by atoms with van der Waals surface area (Å²) in [6, 6.07) is 14.1. The lowest BCUT2D eigenvalue weighted by Crippen LogP contribution is -2.24. The van der Waals surface area contributed by atoms with Crippen molar-refractivity contribution in [1.29, 1.82) is 0 Å². The molecule has 0 amide bonds. The van der Waals surface area contributed by atoms with Gasteiger partial charge in [-0.2, -0.15) is 0 Å². The highest BCUT2D eigenvalue weighted by atomic mass is 14.9. The zero-order valence-corrected chi connectivity index (χ0v) is 13.1. The molecule has 110 valence electrons. The summed E-state index contributed by atoms with van der Waals surface area (Å²) in [6.07, 6.45) is 4.38. The van der Waals surface area contributed by atoms with E-state index in [-0.39, 0.29) is 0 Å². The van der Waals surface area contributed by atoms with E-state index in [9.17, 15) is 0 Å². The van der Waals surface area contributed by atoms with Crippen molar-refractivity contribution in [2.45, 2.75) is 39.2 Å². The highest BCUT2D eigenvalue weighted by molar-refractivity contribution is 5.89. The van der Waals surface area contributed by atoms with Crippen molar-refractivity contribution in [2.24, 2.45) is 17.8 Å². The van der Waals surface area contributed by atoms with Crippen LogP contribution in [0.4, 0.5) is 0 Å². The third-order valence-electron chi connectivity index (χ3n) is 5.79. The first-order valence-electron chi connectivity index (χ1n) is 8.53. The number of hydrogen-bond donors (Lipinski definition) is 1. The molecule has 2 aromatic carbocycles. The Hall–Kier alpha value is -1.34. The molecule has 2 saturated carbocycles. The van der Waals surface area contributed by atoms with Gasteiger partial charge in [-0.05, 0) is 66.0 Å². The van der Waals surface area contributed by atoms with Crippen LogP contribution >= 0.6 is 0 Å². The Kier molecular flexibility index (Phi) is 3.26. The van der Waals surface area contributed by atoms with Crippen LogP contribution in [0.5, 0.6) is 0 Å². The molecule has 0 spiro atoms. The monoisotopic (exact) mass is 279 g/mol. The zero-order valence-electron chi connectivity index (χ0n) is 13.1. The van der Waals surface area contributed by atoms with Crippen LogP contribution in [-0.4, -0.2) is 6.54 Å². The van der Waals surface area contributed by atoms with Crippen LogP contribution in [0.15, 0.2) is 36.4 Å². The summed E-state index contributed by atoms with van der Waals surface area (Å²) in [5.74, 6) is 2.87. The van der Waals surface area contributed by atoms with Crippen LogP contribution in [-0.2, 0) is 0 Å². The molecule has 2 aliphatic rings. The first-order valence-corrected chi connectivity index (χ1v) is 8.53. The van der Waals surface area contributed by atoms with Crippen molar-refractivity contribution >= 4 is 10.8 Å². The summed E-state index contributed by atoms with van der Waals surface area (Å²) in [5, 5.41) is 6.67. The Bertz CT molecular complexity index is 650. The van der Waals surface area contributed by atoms with Gasteiger partial charge in [-0.3, -0.25) is 0 Å². The molecule has 1 nitrogen and oxygen atoms in total. The standard InChI is InChI=1S/C20H25N/c1-3-21-20(19-16-9-6-10-17(16)19)18-12-11-13(2)14-7-4-5-8-15(14)18/h4-5,7-8,11-12,16-17,19-21H,3,6,9-10H2,1-2H3. The summed E-state index contributed by atoms with van der Waals surface area (Å²) < 4.78 is 0. The van der Waals surface area contributed by atoms with E-state index in [0.717, 1.165) is 24.3 Å². The minimum atomic E-state index is 0.552. The predicted octanol–water partition coefficient (Wildman–Crippen LogP) is 4.84. The SMILES string of the molecule is CCNC(c1ccc(C)c2ccccc12)C1C2CCCC21. The molecular weight excluding hydrogens is 254 g/mol. The highest BCUT2D eigenvalue weighted by Gasteiger charge is 2.56. The molecule has 2 aromatic rings. The maximum absolute atomic E-state index is 3.80. The molecule has 2 aliphatic carbocycles. The number of nitrogens with one attached hydrogen (secondary N) is 1. The lowest BCUT2D eigenvalue weighted by Gasteiger charge is -2.23. The van der Waals surface area contributed by atoms with Crippen molar-refractivity contribution in [3.63, 3.8) is 0 Å². The van der Waals surface area contributed by atoms with Crippen molar-refractivity contribution in [1.82, 2.24) is 5.32 Å². The van der Waals surface area contributed by atoms with E-state index in [4.69, 9.17) is 0 Å². The van der Waals surface area contributed by atoms with E-state index in [2.05, 4.69) is 55.6 Å². The number of hydrogen-bond acceptors (Lipinski definition) is 1. The second-order valence-corrected chi connectivity index (χ2v) is 6.89. The summed E-state index contributed by atoms with van der Waals surface area (Å²) in [4.78, 5) is 0. The average Bonchev–Trinajstić information content (AvgIpc) is 2.97. The predicted molar refractivity (Wildman–Crippen MR) is 89.4 cm³/mol. The normalized spacial score (nSPS) is 28.6. The fourth-order valence-electron chi connectivity index (χ4n) is 4.79. The molecule has 2 fully saturated rings. The smallest absolute Gasteiger partial charge is 0.0360 e. The minimum Gasteiger partial charge on any atom is -0.310 e. The van der Waals surface area contributed by atoms with Gasteiger partial charge in [0.2, 0.25) is 0 Å². The van der Waals surface area contributed by atoms with Gasteiger partial charge in [-0.15, -0.1) is 0 Å². The Morgan fingerprint density at radius 3 is 2.48 bits per heavy atom. The molecule has 0 aliphatic heterocycles. The fourth-order valence-corrected chi connectivity index (χ4v) is 4.79. The van der Waals surface area contributed by atoms with Gasteiger partial charge in [-0.25, -0.2) is 0 Å². The Labute approximate surface area is 127 Å². The summed E-state index contributed by atoms with van der Waals surface area (Å²) >= 11 is 0. The molecule has 0 bridgehead atoms. The second kappa shape index (κ2) is 5.14. The largest absolute Gasteiger partial charge is 0.310 e. The van der Waals surface area contributed by atoms with Crippen LogP contribution in [0, 0.1) is 24.7 Å². The van der Waals surface area contributed by atoms with Gasteiger partial charge < -0.3 is 5.32 Å². The van der Waals surface area contributed by atoms with E-state index in [0.29, 0.717) is 6.04 Å². The van der Waals surface area contributed by atoms with E-state index < -0.39 is 0 Å². The van der Waals surface area contributed by atoms with Gasteiger partial charge in [0, 0.05) is 6.04 Å². The van der Waals surface area contributed by atoms with Crippen LogP contribution in [0.25, 0.3) is 10.8 Å². The Morgan fingerprint density at radius 2 is 1.76 bits per heavy atom. The second-order valence-electron chi connectivity index (χ2n) is 6.89. The molecular formula is C20H25N. The quantitative estimate of drug-likeness (QED) is 0.844. The molecule has 3 unspecified atom stereocenters. The minimum absolute atomic E-state index is 0.552. The molecule has 1 heteroatoms. The molecule has 1 N–H and O–H groups in total. The molecule has 0 saturated heterocycles. The summed E-state index contributed by atoms with van der Waals surface area (Å²) in [5.41, 5.74) is 2.91. The van der Waals surface area contributed by atoms with E-state index in [1.54, 1.807) is 0 Å². The molecule has 4 rings (SSSR count). The van der Waals surface area contributed by atoms with E-state index in [1.807, 2.05) is 0 Å². The molecule has 0 aromatic heterocycles. The summed E-state index contributed by atoms with van der Waals surface area (Å²) in [6.45, 7) is 5.52. The molecule has 0 heterocycles. The van der Waals surface area contributed by atoms with Gasteiger partial charge >= 0.3 is 0 Å². The number of benzene rings is 2. The Morgan fingerprint density at radius 1 is 1.05 bits per heavy atom. The first-order chi connectivity index (χ1) is 10.3. The lowest BCUT2D eigenvalue weighted by atomic mass is 9.91. The van der Waals surface area contributed by atoms with Gasteiger partial charge in [0.05, 0.1) is 0 Å². The maximum Gasteiger partial charge on any atom is 0.0360 e.